The topological polar surface area (TPSA) is 91.0 Å². The van der Waals surface area contributed by atoms with Gasteiger partial charge in [-0.15, -0.1) is 0 Å². The molecule has 2 fully saturated rings. The highest BCUT2D eigenvalue weighted by atomic mass is 19.3. The quantitative estimate of drug-likeness (QED) is 0.783. The van der Waals surface area contributed by atoms with Crippen LogP contribution in [0.1, 0.15) is 13.3 Å². The molecule has 2 aliphatic rings. The van der Waals surface area contributed by atoms with E-state index in [1.165, 1.54) is 6.07 Å². The first-order chi connectivity index (χ1) is 12.8. The number of nitrogens with zero attached hydrogens (tertiary/aromatic N) is 2. The molecule has 0 radical (unpaired) electrons. The molecule has 0 spiro atoms. The van der Waals surface area contributed by atoms with E-state index in [-0.39, 0.29) is 30.4 Å². The maximum atomic E-state index is 13.6. The van der Waals surface area contributed by atoms with Gasteiger partial charge in [0.15, 0.2) is 0 Å². The SMILES string of the molecule is CCC1NC(=O)N(c2cccc(NC(=O)N3CCOCC(F)(F)C3)c2)C1=O. The first-order valence-corrected chi connectivity index (χ1v) is 8.57. The Morgan fingerprint density at radius 3 is 2.89 bits per heavy atom. The van der Waals surface area contributed by atoms with Gasteiger partial charge in [-0.3, -0.25) is 4.79 Å². The lowest BCUT2D eigenvalue weighted by Gasteiger charge is -2.23. The van der Waals surface area contributed by atoms with Crippen LogP contribution in [0.15, 0.2) is 24.3 Å². The largest absolute Gasteiger partial charge is 0.373 e. The van der Waals surface area contributed by atoms with Gasteiger partial charge >= 0.3 is 12.1 Å². The number of imide groups is 1. The van der Waals surface area contributed by atoms with Crippen LogP contribution in [0.25, 0.3) is 0 Å². The number of rotatable bonds is 3. The van der Waals surface area contributed by atoms with Crippen molar-refractivity contribution in [3.8, 4) is 0 Å². The average Bonchev–Trinajstić information content (AvgIpc) is 2.78. The number of amides is 5. The molecular formula is C17H20F2N4O4. The summed E-state index contributed by atoms with van der Waals surface area (Å²) < 4.78 is 32.0. The second-order valence-corrected chi connectivity index (χ2v) is 6.39. The summed E-state index contributed by atoms with van der Waals surface area (Å²) in [5.74, 6) is -3.50. The Labute approximate surface area is 154 Å². The van der Waals surface area contributed by atoms with Crippen molar-refractivity contribution in [2.24, 2.45) is 0 Å². The van der Waals surface area contributed by atoms with Crippen molar-refractivity contribution in [1.29, 1.82) is 0 Å². The molecule has 0 aliphatic carbocycles. The van der Waals surface area contributed by atoms with Gasteiger partial charge in [-0.2, -0.15) is 0 Å². The van der Waals surface area contributed by atoms with Crippen molar-refractivity contribution in [2.75, 3.05) is 36.5 Å². The molecule has 146 valence electrons. The van der Waals surface area contributed by atoms with Crippen LogP contribution in [0, 0.1) is 0 Å². The molecule has 10 heteroatoms. The van der Waals surface area contributed by atoms with Crippen molar-refractivity contribution >= 4 is 29.3 Å². The van der Waals surface area contributed by atoms with E-state index in [4.69, 9.17) is 4.74 Å². The standard InChI is InChI=1S/C17H20F2N4O4/c1-2-13-14(24)23(16(26)21-13)12-5-3-4-11(8-12)20-15(25)22-6-7-27-10-17(18,19)9-22/h3-5,8,13H,2,6-7,9-10H2,1H3,(H,20,25)(H,21,26). The van der Waals surface area contributed by atoms with Crippen LogP contribution in [0.4, 0.5) is 29.7 Å². The van der Waals surface area contributed by atoms with Crippen molar-refractivity contribution in [1.82, 2.24) is 10.2 Å². The molecule has 1 aromatic rings. The van der Waals surface area contributed by atoms with Crippen LogP contribution in [0.3, 0.4) is 0 Å². The summed E-state index contributed by atoms with van der Waals surface area (Å²) in [5, 5.41) is 5.10. The summed E-state index contributed by atoms with van der Waals surface area (Å²) in [6.45, 7) is 0.362. The van der Waals surface area contributed by atoms with Crippen LogP contribution in [0.2, 0.25) is 0 Å². The van der Waals surface area contributed by atoms with Crippen LogP contribution in [-0.2, 0) is 9.53 Å². The van der Waals surface area contributed by atoms with Crippen LogP contribution in [-0.4, -0.2) is 61.1 Å². The lowest BCUT2D eigenvalue weighted by molar-refractivity contribution is -0.118. The van der Waals surface area contributed by atoms with E-state index < -0.39 is 37.2 Å². The Kier molecular flexibility index (Phi) is 5.26. The van der Waals surface area contributed by atoms with Gasteiger partial charge in [0.2, 0.25) is 0 Å². The number of benzene rings is 1. The molecule has 0 aromatic heterocycles. The van der Waals surface area contributed by atoms with Crippen molar-refractivity contribution < 1.29 is 27.9 Å². The van der Waals surface area contributed by atoms with E-state index in [0.29, 0.717) is 6.42 Å². The number of alkyl halides is 2. The minimum Gasteiger partial charge on any atom is -0.373 e. The summed E-state index contributed by atoms with van der Waals surface area (Å²) in [5.41, 5.74) is 0.572. The second kappa shape index (κ2) is 7.47. The number of urea groups is 2. The number of carbonyl (C=O) groups is 3. The van der Waals surface area contributed by atoms with Gasteiger partial charge in [0.05, 0.1) is 18.8 Å². The molecule has 5 amide bonds. The Morgan fingerprint density at radius 2 is 2.19 bits per heavy atom. The van der Waals surface area contributed by atoms with Crippen molar-refractivity contribution in [3.63, 3.8) is 0 Å². The molecule has 1 unspecified atom stereocenters. The molecule has 0 bridgehead atoms. The number of hydrogen-bond donors (Lipinski definition) is 2. The minimum atomic E-state index is -3.12. The van der Waals surface area contributed by atoms with Crippen LogP contribution >= 0.6 is 0 Å². The van der Waals surface area contributed by atoms with Gasteiger partial charge in [-0.1, -0.05) is 13.0 Å². The maximum Gasteiger partial charge on any atom is 0.329 e. The van der Waals surface area contributed by atoms with E-state index >= 15 is 0 Å². The van der Waals surface area contributed by atoms with Gasteiger partial charge in [0.1, 0.15) is 12.6 Å². The molecular weight excluding hydrogens is 362 g/mol. The molecule has 8 nitrogen and oxygen atoms in total. The third-order valence-electron chi connectivity index (χ3n) is 4.31. The summed E-state index contributed by atoms with van der Waals surface area (Å²) in [6, 6.07) is 4.27. The zero-order valence-electron chi connectivity index (χ0n) is 14.7. The Hall–Kier alpha value is -2.75. The van der Waals surface area contributed by atoms with E-state index in [9.17, 15) is 23.2 Å². The number of halogens is 2. The van der Waals surface area contributed by atoms with E-state index in [1.54, 1.807) is 25.1 Å². The molecule has 1 aromatic carbocycles. The molecule has 2 aliphatic heterocycles. The van der Waals surface area contributed by atoms with Gasteiger partial charge in [-0.25, -0.2) is 23.3 Å². The normalized spacial score (nSPS) is 22.4. The molecule has 3 rings (SSSR count). The predicted octanol–water partition coefficient (Wildman–Crippen LogP) is 2.02. The average molecular weight is 382 g/mol. The Bertz CT molecular complexity index is 758. The summed E-state index contributed by atoms with van der Waals surface area (Å²) in [4.78, 5) is 38.6. The highest BCUT2D eigenvalue weighted by Crippen LogP contribution is 2.25. The Balaban J connectivity index is 1.73. The van der Waals surface area contributed by atoms with Crippen LogP contribution in [0.5, 0.6) is 0 Å². The zero-order chi connectivity index (χ0) is 19.6. The highest BCUT2D eigenvalue weighted by Gasteiger charge is 2.38. The monoisotopic (exact) mass is 382 g/mol. The molecule has 0 saturated carbocycles. The lowest BCUT2D eigenvalue weighted by atomic mass is 10.2. The van der Waals surface area contributed by atoms with Gasteiger partial charge in [0.25, 0.3) is 11.8 Å². The second-order valence-electron chi connectivity index (χ2n) is 6.39. The fourth-order valence-corrected chi connectivity index (χ4v) is 2.95. The van der Waals surface area contributed by atoms with Crippen molar-refractivity contribution in [3.05, 3.63) is 24.3 Å². The third-order valence-corrected chi connectivity index (χ3v) is 4.31. The predicted molar refractivity (Wildman–Crippen MR) is 92.9 cm³/mol. The minimum absolute atomic E-state index is 0.0178. The number of nitrogens with one attached hydrogen (secondary N) is 2. The van der Waals surface area contributed by atoms with E-state index in [2.05, 4.69) is 10.6 Å². The third kappa shape index (κ3) is 4.16. The summed E-state index contributed by atoms with van der Waals surface area (Å²) in [7, 11) is 0. The number of anilines is 2. The van der Waals surface area contributed by atoms with E-state index in [1.807, 2.05) is 0 Å². The van der Waals surface area contributed by atoms with Crippen molar-refractivity contribution in [2.45, 2.75) is 25.3 Å². The lowest BCUT2D eigenvalue weighted by Crippen LogP contribution is -2.43. The number of hydrogen-bond acceptors (Lipinski definition) is 4. The fourth-order valence-electron chi connectivity index (χ4n) is 2.95. The molecule has 2 saturated heterocycles. The molecule has 2 heterocycles. The Morgan fingerprint density at radius 1 is 1.41 bits per heavy atom. The first kappa shape index (κ1) is 19.0. The number of ether oxygens (including phenoxy) is 1. The zero-order valence-corrected chi connectivity index (χ0v) is 14.7. The highest BCUT2D eigenvalue weighted by molar-refractivity contribution is 6.21. The fraction of sp³-hybridized carbons (Fsp3) is 0.471. The van der Waals surface area contributed by atoms with Gasteiger partial charge < -0.3 is 20.3 Å². The summed E-state index contributed by atoms with van der Waals surface area (Å²) in [6.07, 6.45) is 0.461. The maximum absolute atomic E-state index is 13.6. The number of carbonyl (C=O) groups excluding carboxylic acids is 3. The first-order valence-electron chi connectivity index (χ1n) is 8.57. The smallest absolute Gasteiger partial charge is 0.329 e. The molecule has 1 atom stereocenters. The molecule has 2 N–H and O–H groups in total. The van der Waals surface area contributed by atoms with Crippen LogP contribution < -0.4 is 15.5 Å². The molecule has 27 heavy (non-hydrogen) atoms. The van der Waals surface area contributed by atoms with E-state index in [0.717, 1.165) is 9.80 Å². The summed E-state index contributed by atoms with van der Waals surface area (Å²) >= 11 is 0. The van der Waals surface area contributed by atoms with Gasteiger partial charge in [-0.05, 0) is 24.6 Å². The van der Waals surface area contributed by atoms with Gasteiger partial charge in [0, 0.05) is 12.2 Å².